The number of nitrogens with one attached hydrogen (secondary N) is 2. The summed E-state index contributed by atoms with van der Waals surface area (Å²) in [6, 6.07) is 8.11. The summed E-state index contributed by atoms with van der Waals surface area (Å²) in [5.74, 6) is 1.29. The number of aliphatic hydroxyl groups is 1. The molecule has 1 aliphatic heterocycles. The summed E-state index contributed by atoms with van der Waals surface area (Å²) in [6.07, 6.45) is 0.194. The molecule has 1 amide bonds. The standard InChI is InChI=1S/C29H34N4O8/c1-17-20(15-41-28(38)29(2,3)4)23-24(31-17)30-16-33(26(23)36)14-13-18-7-9-19(10-8-18)25(35)32-21(27(37)40-6)11-12-22(34)39-5/h7-10,16,21,26,31,36H,11-12,15H2,1-6H3,(H,32,35)/t21-,26?/m1/s1. The molecule has 41 heavy (non-hydrogen) atoms. The van der Waals surface area contributed by atoms with Gasteiger partial charge in [0.2, 0.25) is 0 Å². The third-order valence-electron chi connectivity index (χ3n) is 6.26. The first-order chi connectivity index (χ1) is 19.3. The number of carbonyl (C=O) groups is 4. The van der Waals surface area contributed by atoms with Gasteiger partial charge in [-0.15, -0.1) is 0 Å². The highest BCUT2D eigenvalue weighted by Gasteiger charge is 2.30. The zero-order valence-corrected chi connectivity index (χ0v) is 23.9. The molecule has 1 aromatic carbocycles. The van der Waals surface area contributed by atoms with Crippen LogP contribution in [0.3, 0.4) is 0 Å². The number of aliphatic hydroxyl groups excluding tert-OH is 1. The second-order valence-electron chi connectivity index (χ2n) is 10.3. The van der Waals surface area contributed by atoms with Gasteiger partial charge in [0.15, 0.2) is 6.23 Å². The Bertz CT molecular complexity index is 1390. The molecule has 1 unspecified atom stereocenters. The van der Waals surface area contributed by atoms with Gasteiger partial charge < -0.3 is 29.6 Å². The summed E-state index contributed by atoms with van der Waals surface area (Å²) in [7, 11) is 2.43. The van der Waals surface area contributed by atoms with Crippen molar-refractivity contribution >= 4 is 36.0 Å². The summed E-state index contributed by atoms with van der Waals surface area (Å²) in [6.45, 7) is 7.07. The molecular weight excluding hydrogens is 532 g/mol. The molecule has 2 aromatic rings. The van der Waals surface area contributed by atoms with E-state index in [2.05, 4.69) is 32.0 Å². The minimum Gasteiger partial charge on any atom is -0.469 e. The van der Waals surface area contributed by atoms with E-state index < -0.39 is 35.5 Å². The predicted octanol–water partition coefficient (Wildman–Crippen LogP) is 2.61. The smallest absolute Gasteiger partial charge is 0.328 e. The van der Waals surface area contributed by atoms with E-state index in [1.54, 1.807) is 39.8 Å². The molecule has 0 aliphatic carbocycles. The summed E-state index contributed by atoms with van der Waals surface area (Å²) >= 11 is 0. The van der Waals surface area contributed by atoms with Crippen LogP contribution in [0.25, 0.3) is 0 Å². The number of fused-ring (bicyclic) bond motifs is 1. The average molecular weight is 567 g/mol. The molecule has 0 radical (unpaired) electrons. The van der Waals surface area contributed by atoms with Crippen LogP contribution >= 0.6 is 0 Å². The first-order valence-electron chi connectivity index (χ1n) is 12.8. The van der Waals surface area contributed by atoms with Crippen molar-refractivity contribution in [2.24, 2.45) is 10.4 Å². The van der Waals surface area contributed by atoms with Gasteiger partial charge in [-0.1, -0.05) is 0 Å². The zero-order valence-electron chi connectivity index (χ0n) is 23.9. The lowest BCUT2D eigenvalue weighted by Gasteiger charge is -2.24. The molecule has 0 saturated heterocycles. The number of esters is 3. The molecule has 0 spiro atoms. The number of amides is 1. The highest BCUT2D eigenvalue weighted by atomic mass is 16.5. The SMILES string of the molecule is COC(=O)CC[C@@H](NC(=O)c1ccc(C#CN2C=Nc3[nH]c(C)c(COC(=O)C(C)(C)C)c3C2O)cc1)C(=O)OC. The van der Waals surface area contributed by atoms with Gasteiger partial charge in [-0.05, 0) is 64.3 Å². The van der Waals surface area contributed by atoms with E-state index in [0.717, 1.165) is 5.69 Å². The maximum atomic E-state index is 12.7. The largest absolute Gasteiger partial charge is 0.469 e. The van der Waals surface area contributed by atoms with Gasteiger partial charge in [-0.25, -0.2) is 9.79 Å². The quantitative estimate of drug-likeness (QED) is 0.248. The number of aromatic amines is 1. The Balaban J connectivity index is 1.69. The van der Waals surface area contributed by atoms with Crippen molar-refractivity contribution in [1.29, 1.82) is 0 Å². The van der Waals surface area contributed by atoms with E-state index in [4.69, 9.17) is 9.47 Å². The molecule has 12 heteroatoms. The topological polar surface area (TPSA) is 160 Å². The van der Waals surface area contributed by atoms with Crippen LogP contribution in [0.1, 0.15) is 72.6 Å². The van der Waals surface area contributed by atoms with E-state index in [0.29, 0.717) is 22.5 Å². The highest BCUT2D eigenvalue weighted by Crippen LogP contribution is 2.36. The number of hydrogen-bond donors (Lipinski definition) is 3. The Kier molecular flexibility index (Phi) is 9.91. The van der Waals surface area contributed by atoms with Crippen molar-refractivity contribution in [3.8, 4) is 12.0 Å². The van der Waals surface area contributed by atoms with E-state index in [9.17, 15) is 24.3 Å². The third-order valence-corrected chi connectivity index (χ3v) is 6.26. The Morgan fingerprint density at radius 3 is 2.44 bits per heavy atom. The number of aliphatic imine (C=N–C) groups is 1. The average Bonchev–Trinajstić information content (AvgIpc) is 3.27. The van der Waals surface area contributed by atoms with Crippen molar-refractivity contribution in [2.45, 2.75) is 59.4 Å². The number of benzene rings is 1. The number of rotatable bonds is 8. The first kappa shape index (κ1) is 30.9. The minimum absolute atomic E-state index is 0.0231. The predicted molar refractivity (Wildman–Crippen MR) is 148 cm³/mol. The summed E-state index contributed by atoms with van der Waals surface area (Å²) in [5, 5.41) is 13.6. The first-order valence-corrected chi connectivity index (χ1v) is 12.8. The van der Waals surface area contributed by atoms with Gasteiger partial charge >= 0.3 is 17.9 Å². The second-order valence-corrected chi connectivity index (χ2v) is 10.3. The van der Waals surface area contributed by atoms with E-state index in [1.807, 2.05) is 0 Å². The van der Waals surface area contributed by atoms with E-state index >= 15 is 0 Å². The molecule has 1 aliphatic rings. The molecule has 3 rings (SSSR count). The third kappa shape index (κ3) is 7.73. The normalized spacial score (nSPS) is 14.7. The number of carbonyl (C=O) groups excluding carboxylic acids is 4. The summed E-state index contributed by atoms with van der Waals surface area (Å²) in [5.41, 5.74) is 1.97. The lowest BCUT2D eigenvalue weighted by molar-refractivity contribution is -0.154. The van der Waals surface area contributed by atoms with Gasteiger partial charge in [-0.3, -0.25) is 19.3 Å². The number of methoxy groups -OCH3 is 2. The van der Waals surface area contributed by atoms with Gasteiger partial charge in [0, 0.05) is 34.8 Å². The van der Waals surface area contributed by atoms with Crippen LogP contribution in [0.15, 0.2) is 29.3 Å². The fourth-order valence-corrected chi connectivity index (χ4v) is 3.83. The Labute approximate surface area is 238 Å². The van der Waals surface area contributed by atoms with Gasteiger partial charge in [0.25, 0.3) is 5.91 Å². The molecule has 0 saturated carbocycles. The monoisotopic (exact) mass is 566 g/mol. The lowest BCUT2D eigenvalue weighted by atomic mass is 9.97. The zero-order chi connectivity index (χ0) is 30.3. The van der Waals surface area contributed by atoms with Crippen molar-refractivity contribution in [1.82, 2.24) is 15.2 Å². The molecule has 218 valence electrons. The molecule has 2 heterocycles. The molecular formula is C29H34N4O8. The number of aryl methyl sites for hydroxylation is 1. The number of H-pyrrole nitrogens is 1. The number of aromatic nitrogens is 1. The van der Waals surface area contributed by atoms with Crippen LogP contribution in [0.5, 0.6) is 0 Å². The van der Waals surface area contributed by atoms with Crippen LogP contribution in [0, 0.1) is 24.3 Å². The Morgan fingerprint density at radius 1 is 1.15 bits per heavy atom. The Morgan fingerprint density at radius 2 is 1.83 bits per heavy atom. The van der Waals surface area contributed by atoms with Crippen molar-refractivity contribution < 1.29 is 38.5 Å². The molecule has 0 bridgehead atoms. The fourth-order valence-electron chi connectivity index (χ4n) is 3.83. The van der Waals surface area contributed by atoms with Crippen LogP contribution in [0.2, 0.25) is 0 Å². The molecule has 2 atom stereocenters. The van der Waals surface area contributed by atoms with Crippen molar-refractivity contribution in [3.63, 3.8) is 0 Å². The summed E-state index contributed by atoms with van der Waals surface area (Å²) < 4.78 is 14.8. The van der Waals surface area contributed by atoms with Crippen LogP contribution < -0.4 is 5.32 Å². The van der Waals surface area contributed by atoms with E-state index in [1.165, 1.54) is 37.6 Å². The number of ether oxygens (including phenoxy) is 3. The second kappa shape index (κ2) is 13.1. The lowest BCUT2D eigenvalue weighted by Crippen LogP contribution is -2.41. The van der Waals surface area contributed by atoms with Gasteiger partial charge in [0.1, 0.15) is 24.8 Å². The van der Waals surface area contributed by atoms with E-state index in [-0.39, 0.29) is 31.0 Å². The molecule has 0 fully saturated rings. The maximum Gasteiger partial charge on any atom is 0.328 e. The fraction of sp³-hybridized carbons (Fsp3) is 0.414. The van der Waals surface area contributed by atoms with Crippen LogP contribution in [-0.4, -0.2) is 65.4 Å². The summed E-state index contributed by atoms with van der Waals surface area (Å²) in [4.78, 5) is 57.2. The molecule has 12 nitrogen and oxygen atoms in total. The van der Waals surface area contributed by atoms with Crippen molar-refractivity contribution in [2.75, 3.05) is 14.2 Å². The molecule has 3 N–H and O–H groups in total. The maximum absolute atomic E-state index is 12.7. The number of hydrogen-bond acceptors (Lipinski definition) is 10. The van der Waals surface area contributed by atoms with Gasteiger partial charge in [-0.2, -0.15) is 0 Å². The molecule has 1 aromatic heterocycles. The highest BCUT2D eigenvalue weighted by molar-refractivity contribution is 5.97. The minimum atomic E-state index is -1.16. The van der Waals surface area contributed by atoms with Gasteiger partial charge in [0.05, 0.1) is 25.2 Å². The van der Waals surface area contributed by atoms with Crippen LogP contribution in [0.4, 0.5) is 5.82 Å². The number of nitrogens with zero attached hydrogens (tertiary/aromatic N) is 2. The Hall–Kier alpha value is -4.63. The van der Waals surface area contributed by atoms with Crippen LogP contribution in [-0.2, 0) is 35.2 Å². The van der Waals surface area contributed by atoms with Crippen molar-refractivity contribution in [3.05, 3.63) is 52.2 Å².